The molecule has 0 spiro atoms. The van der Waals surface area contributed by atoms with Crippen LogP contribution in [0, 0.1) is 0 Å². The summed E-state index contributed by atoms with van der Waals surface area (Å²) >= 11 is 0. The fraction of sp³-hybridized carbons (Fsp3) is 0.185. The van der Waals surface area contributed by atoms with Crippen molar-refractivity contribution >= 4 is 35.3 Å². The zero-order chi connectivity index (χ0) is 25.5. The highest BCUT2D eigenvalue weighted by Gasteiger charge is 2.38. The van der Waals surface area contributed by atoms with E-state index in [1.807, 2.05) is 30.3 Å². The molecule has 0 saturated heterocycles. The molecule has 184 valence electrons. The van der Waals surface area contributed by atoms with Gasteiger partial charge in [0.15, 0.2) is 0 Å². The van der Waals surface area contributed by atoms with Crippen LogP contribution in [-0.2, 0) is 25.7 Å². The second-order valence-electron chi connectivity index (χ2n) is 8.03. The molecule has 9 nitrogen and oxygen atoms in total. The highest BCUT2D eigenvalue weighted by Crippen LogP contribution is 2.33. The number of rotatable bonds is 6. The maximum Gasteiger partial charge on any atom is 0.414 e. The summed E-state index contributed by atoms with van der Waals surface area (Å²) in [4.78, 5) is 54.4. The van der Waals surface area contributed by atoms with Crippen molar-refractivity contribution in [2.24, 2.45) is 0 Å². The largest absolute Gasteiger partial charge is 0.459 e. The summed E-state index contributed by atoms with van der Waals surface area (Å²) in [6, 6.07) is 23.1. The first-order chi connectivity index (χ1) is 17.5. The van der Waals surface area contributed by atoms with Crippen molar-refractivity contribution in [3.8, 4) is 0 Å². The van der Waals surface area contributed by atoms with Crippen LogP contribution in [0.1, 0.15) is 15.9 Å². The lowest BCUT2D eigenvalue weighted by atomic mass is 10.1. The van der Waals surface area contributed by atoms with Crippen molar-refractivity contribution in [1.82, 2.24) is 5.32 Å². The highest BCUT2D eigenvalue weighted by atomic mass is 16.5. The molecule has 1 atom stereocenters. The number of esters is 1. The van der Waals surface area contributed by atoms with E-state index in [1.165, 1.54) is 16.9 Å². The van der Waals surface area contributed by atoms with E-state index in [4.69, 9.17) is 9.47 Å². The van der Waals surface area contributed by atoms with E-state index in [9.17, 15) is 19.2 Å². The van der Waals surface area contributed by atoms with Gasteiger partial charge in [0, 0.05) is 5.56 Å². The summed E-state index contributed by atoms with van der Waals surface area (Å²) in [7, 11) is 1.23. The van der Waals surface area contributed by atoms with E-state index < -0.39 is 36.5 Å². The van der Waals surface area contributed by atoms with E-state index in [2.05, 4.69) is 5.32 Å². The van der Waals surface area contributed by atoms with E-state index in [-0.39, 0.29) is 13.2 Å². The number of ether oxygens (including phenoxy) is 2. The third kappa shape index (κ3) is 5.52. The molecule has 3 aromatic rings. The minimum absolute atomic E-state index is 0.0474. The first-order valence-corrected chi connectivity index (χ1v) is 11.3. The Morgan fingerprint density at radius 2 is 1.50 bits per heavy atom. The zero-order valence-electron chi connectivity index (χ0n) is 19.6. The van der Waals surface area contributed by atoms with Gasteiger partial charge in [-0.3, -0.25) is 24.2 Å². The van der Waals surface area contributed by atoms with Gasteiger partial charge in [0.25, 0.3) is 11.8 Å². The minimum Gasteiger partial charge on any atom is -0.459 e. The molecule has 4 rings (SSSR count). The monoisotopic (exact) mass is 487 g/mol. The van der Waals surface area contributed by atoms with Crippen LogP contribution in [0.2, 0.25) is 0 Å². The molecule has 0 unspecified atom stereocenters. The predicted molar refractivity (Wildman–Crippen MR) is 132 cm³/mol. The average Bonchev–Trinajstić information content (AvgIpc) is 3.03. The molecule has 0 aliphatic carbocycles. The van der Waals surface area contributed by atoms with Gasteiger partial charge in [-0.2, -0.15) is 0 Å². The second-order valence-corrected chi connectivity index (χ2v) is 8.03. The molecular weight excluding hydrogens is 462 g/mol. The lowest BCUT2D eigenvalue weighted by molar-refractivity contribution is -0.144. The number of hydrogen-bond acceptors (Lipinski definition) is 6. The molecule has 0 bridgehead atoms. The normalized spacial score (nSPS) is 14.9. The van der Waals surface area contributed by atoms with Crippen molar-refractivity contribution in [2.45, 2.75) is 12.6 Å². The van der Waals surface area contributed by atoms with Crippen LogP contribution in [-0.4, -0.2) is 50.1 Å². The molecule has 1 N–H and O–H groups in total. The Bertz CT molecular complexity index is 1250. The Kier molecular flexibility index (Phi) is 7.60. The lowest BCUT2D eigenvalue weighted by Crippen LogP contribution is -2.53. The number of anilines is 2. The topological polar surface area (TPSA) is 105 Å². The van der Waals surface area contributed by atoms with Crippen LogP contribution in [0.3, 0.4) is 0 Å². The first kappa shape index (κ1) is 24.5. The second kappa shape index (κ2) is 11.2. The van der Waals surface area contributed by atoms with Crippen LogP contribution in [0.5, 0.6) is 0 Å². The van der Waals surface area contributed by atoms with Crippen LogP contribution in [0.25, 0.3) is 0 Å². The fourth-order valence-electron chi connectivity index (χ4n) is 3.88. The molecular formula is C27H25N3O6. The van der Waals surface area contributed by atoms with Crippen molar-refractivity contribution in [2.75, 3.05) is 30.0 Å². The molecule has 0 saturated carbocycles. The molecule has 0 radical (unpaired) electrons. The Hall–Kier alpha value is -4.66. The number of para-hydroxylation sites is 2. The summed E-state index contributed by atoms with van der Waals surface area (Å²) in [5, 5.41) is 2.70. The highest BCUT2D eigenvalue weighted by molar-refractivity contribution is 6.09. The Morgan fingerprint density at radius 1 is 0.889 bits per heavy atom. The first-order valence-electron chi connectivity index (χ1n) is 11.3. The number of carbonyl (C=O) groups excluding carboxylic acids is 4. The minimum atomic E-state index is -1.15. The third-order valence-corrected chi connectivity index (χ3v) is 5.66. The zero-order valence-corrected chi connectivity index (χ0v) is 19.6. The number of nitrogens with one attached hydrogen (secondary N) is 1. The number of methoxy groups -OCH3 is 1. The average molecular weight is 488 g/mol. The van der Waals surface area contributed by atoms with E-state index in [0.717, 1.165) is 5.56 Å². The predicted octanol–water partition coefficient (Wildman–Crippen LogP) is 3.15. The number of hydrogen-bond donors (Lipinski definition) is 1. The Balaban J connectivity index is 1.62. The Labute approximate surface area is 208 Å². The van der Waals surface area contributed by atoms with Crippen LogP contribution in [0.4, 0.5) is 16.2 Å². The molecule has 1 aliphatic rings. The van der Waals surface area contributed by atoms with Gasteiger partial charge in [0.2, 0.25) is 0 Å². The van der Waals surface area contributed by atoms with Crippen LogP contribution >= 0.6 is 0 Å². The molecule has 36 heavy (non-hydrogen) atoms. The number of amides is 3. The number of nitrogens with zero attached hydrogens (tertiary/aromatic N) is 2. The molecule has 0 aromatic heterocycles. The van der Waals surface area contributed by atoms with Crippen molar-refractivity contribution in [3.63, 3.8) is 0 Å². The standard InChI is InChI=1S/C27H25N3O6/c1-35-27(34)30-16-21(28-25(32)20-12-6-3-7-13-20)26(33)29(22-14-8-9-15-23(22)30)17-24(31)36-18-19-10-4-2-5-11-19/h2-15,21H,16-18H2,1H3,(H,28,32)/t21-/m0/s1. The van der Waals surface area contributed by atoms with E-state index in [0.29, 0.717) is 16.9 Å². The molecule has 1 heterocycles. The maximum atomic E-state index is 13.7. The van der Waals surface area contributed by atoms with Crippen molar-refractivity contribution in [3.05, 3.63) is 96.1 Å². The van der Waals surface area contributed by atoms with Gasteiger partial charge in [0.1, 0.15) is 19.2 Å². The number of fused-ring (bicyclic) bond motifs is 1. The van der Waals surface area contributed by atoms with Gasteiger partial charge in [-0.1, -0.05) is 60.7 Å². The van der Waals surface area contributed by atoms with E-state index in [1.54, 1.807) is 54.6 Å². The van der Waals surface area contributed by atoms with Gasteiger partial charge in [0.05, 0.1) is 25.0 Å². The van der Waals surface area contributed by atoms with Gasteiger partial charge in [-0.25, -0.2) is 4.79 Å². The molecule has 3 aromatic carbocycles. The maximum absolute atomic E-state index is 13.7. The summed E-state index contributed by atoms with van der Waals surface area (Å²) in [5.41, 5.74) is 1.84. The molecule has 1 aliphatic heterocycles. The van der Waals surface area contributed by atoms with Gasteiger partial charge in [-0.05, 0) is 29.8 Å². The van der Waals surface area contributed by atoms with Gasteiger partial charge < -0.3 is 14.8 Å². The lowest BCUT2D eigenvalue weighted by Gasteiger charge is -2.24. The van der Waals surface area contributed by atoms with Crippen LogP contribution < -0.4 is 15.1 Å². The summed E-state index contributed by atoms with van der Waals surface area (Å²) in [6.45, 7) is -0.544. The van der Waals surface area contributed by atoms with Crippen LogP contribution in [0.15, 0.2) is 84.9 Å². The Morgan fingerprint density at radius 3 is 2.17 bits per heavy atom. The number of benzene rings is 3. The number of carbonyl (C=O) groups is 4. The fourth-order valence-corrected chi connectivity index (χ4v) is 3.88. The van der Waals surface area contributed by atoms with E-state index >= 15 is 0 Å². The van der Waals surface area contributed by atoms with Crippen molar-refractivity contribution in [1.29, 1.82) is 0 Å². The molecule has 0 fully saturated rings. The quantitative estimate of drug-likeness (QED) is 0.536. The molecule has 9 heteroatoms. The van der Waals surface area contributed by atoms with Gasteiger partial charge in [-0.15, -0.1) is 0 Å². The summed E-state index contributed by atoms with van der Waals surface area (Å²) in [6.07, 6.45) is -0.706. The molecule has 3 amide bonds. The smallest absolute Gasteiger partial charge is 0.414 e. The SMILES string of the molecule is COC(=O)N1C[C@H](NC(=O)c2ccccc2)C(=O)N(CC(=O)OCc2ccccc2)c2ccccc21. The summed E-state index contributed by atoms with van der Waals surface area (Å²) < 4.78 is 10.3. The third-order valence-electron chi connectivity index (χ3n) is 5.66. The van der Waals surface area contributed by atoms with Gasteiger partial charge >= 0.3 is 12.1 Å². The van der Waals surface area contributed by atoms with Crippen molar-refractivity contribution < 1.29 is 28.7 Å². The summed E-state index contributed by atoms with van der Waals surface area (Å²) in [5.74, 6) is -1.69.